The summed E-state index contributed by atoms with van der Waals surface area (Å²) in [4.78, 5) is 13.0. The first kappa shape index (κ1) is 22.9. The Kier molecular flexibility index (Phi) is 7.79. The van der Waals surface area contributed by atoms with Gasteiger partial charge in [-0.1, -0.05) is 48.5 Å². The number of rotatable bonds is 8. The lowest BCUT2D eigenvalue weighted by molar-refractivity contribution is 0.0728. The Morgan fingerprint density at radius 3 is 2.19 bits per heavy atom. The van der Waals surface area contributed by atoms with Gasteiger partial charge in [0.1, 0.15) is 29.5 Å². The summed E-state index contributed by atoms with van der Waals surface area (Å²) >= 11 is 3.33. The van der Waals surface area contributed by atoms with Crippen molar-refractivity contribution in [1.82, 2.24) is 0 Å². The topological polar surface area (TPSA) is 76.0 Å². The molecule has 5 nitrogen and oxygen atoms in total. The van der Waals surface area contributed by atoms with Gasteiger partial charge in [0.2, 0.25) is 0 Å². The predicted molar refractivity (Wildman–Crippen MR) is 118 cm³/mol. The Balaban J connectivity index is 2.09. The molecule has 2 N–H and O–H groups in total. The lowest BCUT2D eigenvalue weighted by Gasteiger charge is -2.22. The summed E-state index contributed by atoms with van der Waals surface area (Å²) in [5, 5.41) is 19.2. The smallest absolute Gasteiger partial charge is 0.347 e. The number of ether oxygens (including phenoxy) is 2. The Labute approximate surface area is 188 Å². The van der Waals surface area contributed by atoms with Crippen LogP contribution in [-0.2, 0) is 6.61 Å². The molecule has 3 rings (SSSR count). The van der Waals surface area contributed by atoms with Gasteiger partial charge in [-0.15, -0.1) is 0 Å². The zero-order valence-corrected chi connectivity index (χ0v) is 18.4. The Hall–Kier alpha value is -2.74. The number of esters is 1. The monoisotopic (exact) mass is 488 g/mol. The third kappa shape index (κ3) is 5.12. The summed E-state index contributed by atoms with van der Waals surface area (Å²) in [7, 11) is 0. The third-order valence-corrected chi connectivity index (χ3v) is 5.62. The minimum absolute atomic E-state index is 0.00842. The molecule has 0 amide bonds. The van der Waals surface area contributed by atoms with Crippen molar-refractivity contribution in [3.8, 4) is 11.5 Å². The van der Waals surface area contributed by atoms with E-state index in [4.69, 9.17) is 9.47 Å². The highest BCUT2D eigenvalue weighted by Gasteiger charge is 2.30. The molecule has 162 valence electrons. The first-order chi connectivity index (χ1) is 15.0. The minimum Gasteiger partial charge on any atom is -0.487 e. The van der Waals surface area contributed by atoms with Gasteiger partial charge in [-0.05, 0) is 40.5 Å². The molecule has 0 aliphatic heterocycles. The van der Waals surface area contributed by atoms with Crippen molar-refractivity contribution >= 4 is 21.9 Å². The van der Waals surface area contributed by atoms with Crippen molar-refractivity contribution in [2.24, 2.45) is 0 Å². The molecule has 0 saturated heterocycles. The van der Waals surface area contributed by atoms with E-state index in [1.807, 2.05) is 30.3 Å². The molecule has 0 aliphatic rings. The van der Waals surface area contributed by atoms with E-state index in [-0.39, 0.29) is 33.5 Å². The average molecular weight is 489 g/mol. The summed E-state index contributed by atoms with van der Waals surface area (Å²) in [5.74, 6) is -1.98. The molecule has 0 atom stereocenters. The van der Waals surface area contributed by atoms with Gasteiger partial charge in [-0.3, -0.25) is 0 Å². The van der Waals surface area contributed by atoms with Crippen molar-refractivity contribution in [2.45, 2.75) is 19.4 Å². The van der Waals surface area contributed by atoms with Crippen LogP contribution in [0.3, 0.4) is 0 Å². The second kappa shape index (κ2) is 10.5. The third-order valence-electron chi connectivity index (χ3n) is 4.84. The van der Waals surface area contributed by atoms with Gasteiger partial charge in [0.05, 0.1) is 17.7 Å². The number of hydrogen-bond acceptors (Lipinski definition) is 5. The highest BCUT2D eigenvalue weighted by molar-refractivity contribution is 9.10. The molecule has 0 heterocycles. The second-order valence-electron chi connectivity index (χ2n) is 6.91. The number of carbonyl (C=O) groups excluding carboxylic acids is 1. The van der Waals surface area contributed by atoms with Crippen molar-refractivity contribution in [3.05, 3.63) is 93.2 Å². The number of hydrogen-bond donors (Lipinski definition) is 2. The minimum atomic E-state index is -0.883. The number of benzene rings is 3. The lowest BCUT2D eigenvalue weighted by atomic mass is 9.94. The van der Waals surface area contributed by atoms with Crippen LogP contribution in [0.5, 0.6) is 11.5 Å². The second-order valence-corrected chi connectivity index (χ2v) is 7.70. The van der Waals surface area contributed by atoms with E-state index in [0.717, 1.165) is 5.56 Å². The van der Waals surface area contributed by atoms with Crippen molar-refractivity contribution < 1.29 is 28.9 Å². The van der Waals surface area contributed by atoms with Gasteiger partial charge in [-0.25, -0.2) is 9.18 Å². The van der Waals surface area contributed by atoms with Crippen molar-refractivity contribution in [3.63, 3.8) is 0 Å². The van der Waals surface area contributed by atoms with Gasteiger partial charge in [0, 0.05) is 17.0 Å². The lowest BCUT2D eigenvalue weighted by Crippen LogP contribution is -2.19. The molecule has 0 aromatic heterocycles. The molecule has 0 fully saturated rings. The Morgan fingerprint density at radius 1 is 1.03 bits per heavy atom. The quantitative estimate of drug-likeness (QED) is 0.353. The summed E-state index contributed by atoms with van der Waals surface area (Å²) < 4.78 is 26.8. The van der Waals surface area contributed by atoms with E-state index in [1.165, 1.54) is 6.92 Å². The normalized spacial score (nSPS) is 10.9. The van der Waals surface area contributed by atoms with Gasteiger partial charge in [-0.2, -0.15) is 0 Å². The fourth-order valence-electron chi connectivity index (χ4n) is 3.17. The van der Waals surface area contributed by atoms with E-state index in [2.05, 4.69) is 15.9 Å². The molecular formula is C24H22BrFO5. The summed E-state index contributed by atoms with van der Waals surface area (Å²) in [6.45, 7) is 0.612. The summed E-state index contributed by atoms with van der Waals surface area (Å²) in [5.41, 5.74) is 0.833. The molecule has 0 spiro atoms. The number of aliphatic hydroxyl groups excluding tert-OH is 2. The standard InChI is InChI=1S/C24H22BrFO5/c1-15-19(24(29)31-18-10-6-3-7-11-18)23(30-14-16-8-4-2-5-9-16)21(25)20(22(15)26)17(12-27)13-28/h2-11,17,27-28H,12-14H2,1H3. The van der Waals surface area contributed by atoms with Crippen LogP contribution in [0.15, 0.2) is 65.1 Å². The fourth-order valence-corrected chi connectivity index (χ4v) is 3.98. The van der Waals surface area contributed by atoms with E-state index >= 15 is 4.39 Å². The van der Waals surface area contributed by atoms with Gasteiger partial charge < -0.3 is 19.7 Å². The highest BCUT2D eigenvalue weighted by atomic mass is 79.9. The summed E-state index contributed by atoms with van der Waals surface area (Å²) in [6.07, 6.45) is 0. The molecule has 31 heavy (non-hydrogen) atoms. The van der Waals surface area contributed by atoms with Crippen LogP contribution in [0.2, 0.25) is 0 Å². The molecular weight excluding hydrogens is 467 g/mol. The van der Waals surface area contributed by atoms with Crippen LogP contribution in [0.4, 0.5) is 4.39 Å². The van der Waals surface area contributed by atoms with E-state index in [1.54, 1.807) is 30.3 Å². The van der Waals surface area contributed by atoms with E-state index in [9.17, 15) is 15.0 Å². The number of carbonyl (C=O) groups is 1. The first-order valence-electron chi connectivity index (χ1n) is 9.65. The largest absolute Gasteiger partial charge is 0.487 e. The maximum atomic E-state index is 15.3. The van der Waals surface area contributed by atoms with Crippen LogP contribution < -0.4 is 9.47 Å². The number of para-hydroxylation sites is 1. The zero-order valence-electron chi connectivity index (χ0n) is 16.8. The predicted octanol–water partition coefficient (Wildman–Crippen LogP) is 4.76. The average Bonchev–Trinajstić information content (AvgIpc) is 2.79. The first-order valence-corrected chi connectivity index (χ1v) is 10.4. The van der Waals surface area contributed by atoms with Crippen LogP contribution in [0.1, 0.15) is 33.0 Å². The maximum Gasteiger partial charge on any atom is 0.347 e. The molecule has 3 aromatic carbocycles. The van der Waals surface area contributed by atoms with Crippen molar-refractivity contribution in [2.75, 3.05) is 13.2 Å². The van der Waals surface area contributed by atoms with Crippen LogP contribution in [0, 0.1) is 12.7 Å². The highest BCUT2D eigenvalue weighted by Crippen LogP contribution is 2.41. The van der Waals surface area contributed by atoms with Crippen LogP contribution in [0.25, 0.3) is 0 Å². The van der Waals surface area contributed by atoms with E-state index < -0.39 is 30.9 Å². The van der Waals surface area contributed by atoms with Gasteiger partial charge in [0.25, 0.3) is 0 Å². The molecule has 7 heteroatoms. The maximum absolute atomic E-state index is 15.3. The fraction of sp³-hybridized carbons (Fsp3) is 0.208. The Morgan fingerprint density at radius 2 is 1.61 bits per heavy atom. The molecule has 0 aliphatic carbocycles. The Bertz CT molecular complexity index is 1040. The van der Waals surface area contributed by atoms with Crippen LogP contribution >= 0.6 is 15.9 Å². The van der Waals surface area contributed by atoms with Crippen molar-refractivity contribution in [1.29, 1.82) is 0 Å². The molecule has 0 radical (unpaired) electrons. The van der Waals surface area contributed by atoms with Gasteiger partial charge >= 0.3 is 5.97 Å². The van der Waals surface area contributed by atoms with E-state index in [0.29, 0.717) is 5.75 Å². The zero-order chi connectivity index (χ0) is 22.4. The number of aliphatic hydroxyl groups is 2. The van der Waals surface area contributed by atoms with Crippen LogP contribution in [-0.4, -0.2) is 29.4 Å². The molecule has 0 saturated carbocycles. The molecule has 3 aromatic rings. The number of halogens is 2. The SMILES string of the molecule is Cc1c(F)c(C(CO)CO)c(Br)c(OCc2ccccc2)c1C(=O)Oc1ccccc1. The molecule has 0 bridgehead atoms. The van der Waals surface area contributed by atoms with Gasteiger partial charge in [0.15, 0.2) is 0 Å². The molecule has 0 unspecified atom stereocenters. The summed E-state index contributed by atoms with van der Waals surface area (Å²) in [6, 6.07) is 17.7.